The molecule has 0 radical (unpaired) electrons. The fourth-order valence-electron chi connectivity index (χ4n) is 5.21. The molecule has 0 bridgehead atoms. The highest BCUT2D eigenvalue weighted by Crippen LogP contribution is 2.38. The van der Waals surface area contributed by atoms with Crippen molar-refractivity contribution >= 4 is 34.7 Å². The molecule has 1 aromatic heterocycles. The third-order valence-corrected chi connectivity index (χ3v) is 7.74. The molecule has 0 amide bonds. The Kier molecular flexibility index (Phi) is 6.95. The Hall–Kier alpha value is -2.16. The van der Waals surface area contributed by atoms with E-state index in [9.17, 15) is 4.39 Å². The molecule has 0 aliphatic carbocycles. The van der Waals surface area contributed by atoms with Crippen LogP contribution in [-0.4, -0.2) is 77.2 Å². The van der Waals surface area contributed by atoms with Crippen LogP contribution in [0.15, 0.2) is 24.4 Å². The van der Waals surface area contributed by atoms with Crippen molar-refractivity contribution in [1.82, 2.24) is 19.8 Å². The summed E-state index contributed by atoms with van der Waals surface area (Å²) >= 11 is 6.60. The number of halogens is 2. The summed E-state index contributed by atoms with van der Waals surface area (Å²) in [5, 5.41) is 7.19. The van der Waals surface area contributed by atoms with Crippen LogP contribution in [0.3, 0.4) is 0 Å². The summed E-state index contributed by atoms with van der Waals surface area (Å²) in [6.07, 6.45) is 2.99. The van der Waals surface area contributed by atoms with E-state index < -0.39 is 5.82 Å². The lowest BCUT2D eigenvalue weighted by molar-refractivity contribution is -0.00778. The number of likely N-dealkylation sites (tertiary alicyclic amines) is 1. The van der Waals surface area contributed by atoms with Gasteiger partial charge in [0.25, 0.3) is 0 Å². The molecule has 2 N–H and O–H groups in total. The number of piperidine rings is 1. The molecule has 186 valence electrons. The van der Waals surface area contributed by atoms with Gasteiger partial charge in [-0.3, -0.25) is 4.90 Å². The minimum Gasteiger partial charge on any atom is -0.368 e. The first-order valence-corrected chi connectivity index (χ1v) is 12.4. The lowest BCUT2D eigenvalue weighted by Crippen LogP contribution is -2.61. The van der Waals surface area contributed by atoms with Gasteiger partial charge in [-0.1, -0.05) is 11.6 Å². The van der Waals surface area contributed by atoms with Gasteiger partial charge in [0.15, 0.2) is 11.6 Å². The molecule has 0 saturated carbocycles. The van der Waals surface area contributed by atoms with Gasteiger partial charge < -0.3 is 20.4 Å². The third-order valence-electron chi connectivity index (χ3n) is 7.44. The Morgan fingerprint density at radius 3 is 2.29 bits per heavy atom. The Morgan fingerprint density at radius 1 is 1.03 bits per heavy atom. The molecule has 34 heavy (non-hydrogen) atoms. The molecule has 2 aliphatic heterocycles. The number of nitrogens with one attached hydrogen (secondary N) is 2. The third kappa shape index (κ3) is 5.39. The molecule has 1 aromatic carbocycles. The second-order valence-electron chi connectivity index (χ2n) is 10.9. The Bertz CT molecular complexity index is 1000. The van der Waals surface area contributed by atoms with E-state index in [0.717, 1.165) is 50.4 Å². The smallest absolute Gasteiger partial charge is 0.229 e. The number of aromatic nitrogens is 2. The Morgan fingerprint density at radius 2 is 1.68 bits per heavy atom. The van der Waals surface area contributed by atoms with E-state index in [0.29, 0.717) is 11.0 Å². The quantitative estimate of drug-likeness (QED) is 0.623. The maximum Gasteiger partial charge on any atom is 0.229 e. The van der Waals surface area contributed by atoms with Crippen molar-refractivity contribution in [3.05, 3.63) is 35.2 Å². The predicted molar refractivity (Wildman–Crippen MR) is 139 cm³/mol. The number of rotatable bonds is 5. The summed E-state index contributed by atoms with van der Waals surface area (Å²) < 4.78 is 14.6. The largest absolute Gasteiger partial charge is 0.368 e. The molecular weight excluding hydrogens is 453 g/mol. The van der Waals surface area contributed by atoms with E-state index in [1.165, 1.54) is 6.20 Å². The van der Waals surface area contributed by atoms with Gasteiger partial charge in [0, 0.05) is 49.0 Å². The second-order valence-corrected chi connectivity index (χ2v) is 11.3. The molecule has 0 spiro atoms. The van der Waals surface area contributed by atoms with Crippen molar-refractivity contribution in [2.24, 2.45) is 0 Å². The number of anilines is 4. The minimum absolute atomic E-state index is 0.00767. The van der Waals surface area contributed by atoms with Crippen molar-refractivity contribution in [2.75, 3.05) is 55.8 Å². The van der Waals surface area contributed by atoms with Crippen LogP contribution in [0.5, 0.6) is 0 Å². The highest BCUT2D eigenvalue weighted by molar-refractivity contribution is 6.33. The molecule has 4 rings (SSSR count). The summed E-state index contributed by atoms with van der Waals surface area (Å²) in [5.74, 6) is 0.0982. The van der Waals surface area contributed by atoms with Crippen molar-refractivity contribution in [1.29, 1.82) is 0 Å². The zero-order valence-corrected chi connectivity index (χ0v) is 21.9. The van der Waals surface area contributed by atoms with Crippen LogP contribution in [0.1, 0.15) is 40.5 Å². The van der Waals surface area contributed by atoms with E-state index in [4.69, 9.17) is 11.6 Å². The number of hydrogen-bond donors (Lipinski definition) is 2. The lowest BCUT2D eigenvalue weighted by atomic mass is 9.77. The van der Waals surface area contributed by atoms with Gasteiger partial charge in [-0.15, -0.1) is 0 Å². The first-order chi connectivity index (χ1) is 15.9. The van der Waals surface area contributed by atoms with Crippen LogP contribution in [-0.2, 0) is 0 Å². The average Bonchev–Trinajstić information content (AvgIpc) is 2.75. The number of hydrogen-bond acceptors (Lipinski definition) is 7. The van der Waals surface area contributed by atoms with Gasteiger partial charge in [-0.2, -0.15) is 4.98 Å². The fraction of sp³-hybridized carbons (Fsp3) is 0.600. The van der Waals surface area contributed by atoms with Gasteiger partial charge in [0.05, 0.1) is 16.9 Å². The first kappa shape index (κ1) is 24.9. The van der Waals surface area contributed by atoms with Gasteiger partial charge >= 0.3 is 0 Å². The molecular formula is C25H37ClFN7. The number of likely N-dealkylation sites (N-methyl/N-ethyl adjacent to an activating group) is 1. The molecule has 2 saturated heterocycles. The highest BCUT2D eigenvalue weighted by atomic mass is 35.5. The Balaban J connectivity index is 1.47. The second kappa shape index (κ2) is 9.47. The number of nitrogens with zero attached hydrogens (tertiary/aromatic N) is 5. The summed E-state index contributed by atoms with van der Waals surface area (Å²) in [6.45, 7) is 12.8. The van der Waals surface area contributed by atoms with E-state index in [1.807, 2.05) is 18.2 Å². The SMILES string of the molecule is CN1CCN(c2ccc(Nc3ncc(F)c(NC4CC(C)(C)N(C)C(C)(C)C4)n3)cc2Cl)CC1. The van der Waals surface area contributed by atoms with Gasteiger partial charge in [-0.05, 0) is 72.8 Å². The van der Waals surface area contributed by atoms with Crippen molar-refractivity contribution in [2.45, 2.75) is 57.7 Å². The van der Waals surface area contributed by atoms with Crippen molar-refractivity contribution < 1.29 is 4.39 Å². The van der Waals surface area contributed by atoms with E-state index in [2.05, 4.69) is 77.1 Å². The summed E-state index contributed by atoms with van der Waals surface area (Å²) in [4.78, 5) is 15.6. The summed E-state index contributed by atoms with van der Waals surface area (Å²) in [5.41, 5.74) is 1.77. The van der Waals surface area contributed by atoms with Crippen LogP contribution in [0.25, 0.3) is 0 Å². The molecule has 7 nitrogen and oxygen atoms in total. The topological polar surface area (TPSA) is 59.6 Å². The maximum absolute atomic E-state index is 14.6. The van der Waals surface area contributed by atoms with E-state index in [1.54, 1.807) is 0 Å². The molecule has 0 unspecified atom stereocenters. The summed E-state index contributed by atoms with van der Waals surface area (Å²) in [7, 11) is 4.29. The monoisotopic (exact) mass is 489 g/mol. The first-order valence-electron chi connectivity index (χ1n) is 12.0. The van der Waals surface area contributed by atoms with Crippen LogP contribution < -0.4 is 15.5 Å². The zero-order valence-electron chi connectivity index (χ0n) is 21.1. The Labute approximate surface area is 207 Å². The van der Waals surface area contributed by atoms with Crippen LogP contribution in [0, 0.1) is 5.82 Å². The molecule has 2 fully saturated rings. The number of piperazine rings is 1. The highest BCUT2D eigenvalue weighted by Gasteiger charge is 2.43. The van der Waals surface area contributed by atoms with Crippen LogP contribution in [0.4, 0.5) is 27.5 Å². The average molecular weight is 490 g/mol. The summed E-state index contributed by atoms with van der Waals surface area (Å²) in [6, 6.07) is 5.95. The zero-order chi connectivity index (χ0) is 24.7. The number of benzene rings is 1. The van der Waals surface area contributed by atoms with Gasteiger partial charge in [-0.25, -0.2) is 9.37 Å². The van der Waals surface area contributed by atoms with Gasteiger partial charge in [0.1, 0.15) is 0 Å². The van der Waals surface area contributed by atoms with Crippen molar-refractivity contribution in [3.63, 3.8) is 0 Å². The molecule has 0 atom stereocenters. The molecule has 2 aliphatic rings. The van der Waals surface area contributed by atoms with Gasteiger partial charge in [0.2, 0.25) is 5.95 Å². The van der Waals surface area contributed by atoms with Crippen LogP contribution >= 0.6 is 11.6 Å². The predicted octanol–water partition coefficient (Wildman–Crippen LogP) is 4.83. The fourth-order valence-corrected chi connectivity index (χ4v) is 5.51. The van der Waals surface area contributed by atoms with E-state index >= 15 is 0 Å². The van der Waals surface area contributed by atoms with E-state index in [-0.39, 0.29) is 22.9 Å². The lowest BCUT2D eigenvalue weighted by Gasteiger charge is -2.53. The minimum atomic E-state index is -0.455. The standard InChI is InChI=1S/C25H37ClFN7/c1-24(2)14-18(15-25(3,4)33(24)6)29-22-20(27)16-28-23(31-22)30-17-7-8-21(19(26)13-17)34-11-9-32(5)10-12-34/h7-8,13,16,18H,9-12,14-15H2,1-6H3,(H2,28,29,30,31). The van der Waals surface area contributed by atoms with Crippen LogP contribution in [0.2, 0.25) is 5.02 Å². The molecule has 3 heterocycles. The van der Waals surface area contributed by atoms with Crippen molar-refractivity contribution in [3.8, 4) is 0 Å². The normalized spacial score (nSPS) is 21.5. The maximum atomic E-state index is 14.6. The molecule has 9 heteroatoms. The molecule has 2 aromatic rings.